The summed E-state index contributed by atoms with van der Waals surface area (Å²) in [4.78, 5) is 13.3. The van der Waals surface area contributed by atoms with Gasteiger partial charge in [0, 0.05) is 26.7 Å². The Morgan fingerprint density at radius 3 is 2.75 bits per heavy atom. The van der Waals surface area contributed by atoms with E-state index in [-0.39, 0.29) is 18.3 Å². The van der Waals surface area contributed by atoms with Crippen molar-refractivity contribution >= 4 is 11.7 Å². The molecule has 0 fully saturated rings. The lowest BCUT2D eigenvalue weighted by atomic mass is 10.2. The topological polar surface area (TPSA) is 88.1 Å². The van der Waals surface area contributed by atoms with E-state index in [1.807, 2.05) is 6.92 Å². The molecule has 0 unspecified atom stereocenters. The van der Waals surface area contributed by atoms with Gasteiger partial charge in [-0.3, -0.25) is 4.79 Å². The van der Waals surface area contributed by atoms with Crippen LogP contribution in [0.15, 0.2) is 5.16 Å². The van der Waals surface area contributed by atoms with Crippen molar-refractivity contribution in [1.29, 1.82) is 0 Å². The molecule has 0 heterocycles. The highest BCUT2D eigenvalue weighted by atomic mass is 16.5. The van der Waals surface area contributed by atoms with Gasteiger partial charge in [0.25, 0.3) is 0 Å². The van der Waals surface area contributed by atoms with Crippen molar-refractivity contribution in [2.24, 2.45) is 10.9 Å². The molecule has 0 saturated carbocycles. The van der Waals surface area contributed by atoms with Crippen LogP contribution in [-0.4, -0.2) is 48.7 Å². The molecule has 6 nitrogen and oxygen atoms in total. The van der Waals surface area contributed by atoms with Crippen LogP contribution in [0.3, 0.4) is 0 Å². The van der Waals surface area contributed by atoms with Gasteiger partial charge in [-0.05, 0) is 12.8 Å². The van der Waals surface area contributed by atoms with Gasteiger partial charge in [0.2, 0.25) is 5.91 Å². The maximum Gasteiger partial charge on any atom is 0.223 e. The summed E-state index contributed by atoms with van der Waals surface area (Å²) < 4.78 is 4.88. The quantitative estimate of drug-likeness (QED) is 0.208. The van der Waals surface area contributed by atoms with Crippen molar-refractivity contribution in [3.8, 4) is 0 Å². The molecule has 0 aromatic rings. The summed E-state index contributed by atoms with van der Waals surface area (Å²) in [6.45, 7) is 3.33. The number of hydrogen-bond donors (Lipinski definition) is 2. The second-order valence-corrected chi connectivity index (χ2v) is 3.50. The molecule has 0 aromatic heterocycles. The number of ether oxygens (including phenoxy) is 1. The van der Waals surface area contributed by atoms with Crippen LogP contribution in [0.25, 0.3) is 0 Å². The molecule has 0 rings (SSSR count). The van der Waals surface area contributed by atoms with E-state index in [1.165, 1.54) is 0 Å². The zero-order valence-corrected chi connectivity index (χ0v) is 9.98. The van der Waals surface area contributed by atoms with E-state index in [2.05, 4.69) is 5.16 Å². The first-order chi connectivity index (χ1) is 7.65. The first-order valence-electron chi connectivity index (χ1n) is 5.38. The number of amidine groups is 1. The first kappa shape index (κ1) is 14.7. The van der Waals surface area contributed by atoms with Crippen LogP contribution in [0.5, 0.6) is 0 Å². The average Bonchev–Trinajstić information content (AvgIpc) is 2.28. The summed E-state index contributed by atoms with van der Waals surface area (Å²) in [5.74, 6) is 0.0547. The largest absolute Gasteiger partial charge is 0.409 e. The molecule has 94 valence electrons. The van der Waals surface area contributed by atoms with Crippen LogP contribution in [0.1, 0.15) is 26.2 Å². The minimum Gasteiger partial charge on any atom is -0.409 e. The third-order valence-electron chi connectivity index (χ3n) is 2.07. The predicted molar refractivity (Wildman–Crippen MR) is 61.4 cm³/mol. The molecule has 16 heavy (non-hydrogen) atoms. The Morgan fingerprint density at radius 1 is 1.56 bits per heavy atom. The molecule has 0 radical (unpaired) electrons. The van der Waals surface area contributed by atoms with E-state index in [0.29, 0.717) is 26.0 Å². The second-order valence-electron chi connectivity index (χ2n) is 3.50. The normalized spacial score (nSPS) is 11.5. The van der Waals surface area contributed by atoms with Gasteiger partial charge in [0.15, 0.2) is 5.84 Å². The molecule has 0 aromatic carbocycles. The summed E-state index contributed by atoms with van der Waals surface area (Å²) in [7, 11) is 1.60. The zero-order valence-electron chi connectivity index (χ0n) is 9.98. The van der Waals surface area contributed by atoms with E-state index in [0.717, 1.165) is 6.42 Å². The number of nitrogens with zero attached hydrogens (tertiary/aromatic N) is 2. The summed E-state index contributed by atoms with van der Waals surface area (Å²) in [5, 5.41) is 11.3. The smallest absolute Gasteiger partial charge is 0.223 e. The van der Waals surface area contributed by atoms with Crippen LogP contribution >= 0.6 is 0 Å². The Bertz CT molecular complexity index is 231. The molecule has 0 aliphatic rings. The van der Waals surface area contributed by atoms with Crippen molar-refractivity contribution in [1.82, 2.24) is 4.90 Å². The van der Waals surface area contributed by atoms with Crippen LogP contribution in [-0.2, 0) is 9.53 Å². The maximum atomic E-state index is 11.7. The van der Waals surface area contributed by atoms with E-state index in [1.54, 1.807) is 12.0 Å². The molecule has 0 aliphatic carbocycles. The van der Waals surface area contributed by atoms with Gasteiger partial charge in [-0.1, -0.05) is 12.1 Å². The number of carbonyl (C=O) groups is 1. The zero-order chi connectivity index (χ0) is 12.4. The minimum absolute atomic E-state index is 0.00509. The third-order valence-corrected chi connectivity index (χ3v) is 2.07. The van der Waals surface area contributed by atoms with Crippen LogP contribution < -0.4 is 5.73 Å². The molecule has 0 bridgehead atoms. The summed E-state index contributed by atoms with van der Waals surface area (Å²) >= 11 is 0. The van der Waals surface area contributed by atoms with E-state index in [4.69, 9.17) is 15.7 Å². The van der Waals surface area contributed by atoms with Gasteiger partial charge < -0.3 is 20.6 Å². The molecule has 0 aliphatic heterocycles. The summed E-state index contributed by atoms with van der Waals surface area (Å²) in [6.07, 6.45) is 1.95. The van der Waals surface area contributed by atoms with Crippen molar-refractivity contribution in [2.75, 3.05) is 26.8 Å². The molecule has 0 spiro atoms. The Kier molecular flexibility index (Phi) is 8.24. The number of hydrogen-bond acceptors (Lipinski definition) is 4. The molecule has 3 N–H and O–H groups in total. The number of nitrogens with two attached hydrogens (primary N) is 1. The Balaban J connectivity index is 4.12. The fourth-order valence-corrected chi connectivity index (χ4v) is 1.31. The number of oxime groups is 1. The lowest BCUT2D eigenvalue weighted by Gasteiger charge is -2.21. The van der Waals surface area contributed by atoms with Gasteiger partial charge >= 0.3 is 0 Å². The van der Waals surface area contributed by atoms with Gasteiger partial charge in [-0.25, -0.2) is 0 Å². The SMILES string of the molecule is CCCN(CC(N)=NO)C(=O)CCCOC. The average molecular weight is 231 g/mol. The highest BCUT2D eigenvalue weighted by molar-refractivity contribution is 5.86. The van der Waals surface area contributed by atoms with Crippen molar-refractivity contribution in [2.45, 2.75) is 26.2 Å². The second kappa shape index (κ2) is 8.96. The van der Waals surface area contributed by atoms with Crippen molar-refractivity contribution in [3.05, 3.63) is 0 Å². The van der Waals surface area contributed by atoms with E-state index in [9.17, 15) is 4.79 Å². The number of rotatable bonds is 8. The Labute approximate surface area is 96.0 Å². The van der Waals surface area contributed by atoms with E-state index < -0.39 is 0 Å². The maximum absolute atomic E-state index is 11.7. The lowest BCUT2D eigenvalue weighted by Crippen LogP contribution is -2.39. The Hall–Kier alpha value is -1.30. The van der Waals surface area contributed by atoms with Crippen molar-refractivity contribution in [3.63, 3.8) is 0 Å². The van der Waals surface area contributed by atoms with Crippen molar-refractivity contribution < 1.29 is 14.7 Å². The van der Waals surface area contributed by atoms with Gasteiger partial charge in [-0.15, -0.1) is 0 Å². The first-order valence-corrected chi connectivity index (χ1v) is 5.38. The van der Waals surface area contributed by atoms with Gasteiger partial charge in [0.05, 0.1) is 6.54 Å². The molecule has 6 heteroatoms. The summed E-state index contributed by atoms with van der Waals surface area (Å²) in [6, 6.07) is 0. The van der Waals surface area contributed by atoms with Gasteiger partial charge in [0.1, 0.15) is 0 Å². The molecular formula is C10H21N3O3. The van der Waals surface area contributed by atoms with Gasteiger partial charge in [-0.2, -0.15) is 0 Å². The third kappa shape index (κ3) is 6.23. The van der Waals surface area contributed by atoms with E-state index >= 15 is 0 Å². The molecule has 1 amide bonds. The highest BCUT2D eigenvalue weighted by Gasteiger charge is 2.13. The fourth-order valence-electron chi connectivity index (χ4n) is 1.31. The molecular weight excluding hydrogens is 210 g/mol. The number of amides is 1. The lowest BCUT2D eigenvalue weighted by molar-refractivity contribution is -0.130. The number of methoxy groups -OCH3 is 1. The molecule has 0 saturated heterocycles. The predicted octanol–water partition coefficient (Wildman–Crippen LogP) is 0.398. The minimum atomic E-state index is 0.00509. The highest BCUT2D eigenvalue weighted by Crippen LogP contribution is 2.00. The standard InChI is InChI=1S/C10H21N3O3/c1-3-6-13(8-9(11)12-15)10(14)5-4-7-16-2/h15H,3-8H2,1-2H3,(H2,11,12). The number of carbonyl (C=O) groups excluding carboxylic acids is 1. The van der Waals surface area contributed by atoms with Crippen LogP contribution in [0.2, 0.25) is 0 Å². The van der Waals surface area contributed by atoms with Crippen LogP contribution in [0.4, 0.5) is 0 Å². The summed E-state index contributed by atoms with van der Waals surface area (Å²) in [5.41, 5.74) is 5.38. The monoisotopic (exact) mass is 231 g/mol. The van der Waals surface area contributed by atoms with Crippen LogP contribution in [0, 0.1) is 0 Å². The Morgan fingerprint density at radius 2 is 2.25 bits per heavy atom. The fraction of sp³-hybridized carbons (Fsp3) is 0.800. The molecule has 0 atom stereocenters.